The Morgan fingerprint density at radius 3 is 2.50 bits per heavy atom. The van der Waals surface area contributed by atoms with Crippen LogP contribution in [0.1, 0.15) is 30.1 Å². The number of benzene rings is 1. The Labute approximate surface area is 113 Å². The van der Waals surface area contributed by atoms with Gasteiger partial charge in [-0.25, -0.2) is 13.6 Å². The highest BCUT2D eigenvalue weighted by Gasteiger charge is 2.23. The summed E-state index contributed by atoms with van der Waals surface area (Å²) in [5.41, 5.74) is -0.584. The van der Waals surface area contributed by atoms with Gasteiger partial charge in [-0.1, -0.05) is 6.07 Å². The molecule has 0 heterocycles. The molecule has 1 aromatic carbocycles. The first-order valence-corrected chi connectivity index (χ1v) is 5.80. The first-order chi connectivity index (χ1) is 9.32. The lowest BCUT2D eigenvalue weighted by molar-refractivity contribution is -0.139. The van der Waals surface area contributed by atoms with Gasteiger partial charge in [0.05, 0.1) is 5.56 Å². The van der Waals surface area contributed by atoms with Gasteiger partial charge in [0.15, 0.2) is 11.6 Å². The van der Waals surface area contributed by atoms with Crippen molar-refractivity contribution in [1.82, 2.24) is 5.32 Å². The smallest absolute Gasteiger partial charge is 0.326 e. The number of ketones is 1. The summed E-state index contributed by atoms with van der Waals surface area (Å²) >= 11 is 0. The molecule has 0 fully saturated rings. The lowest BCUT2D eigenvalue weighted by Crippen LogP contribution is -2.41. The lowest BCUT2D eigenvalue weighted by atomic mass is 10.1. The first kappa shape index (κ1) is 15.7. The normalized spacial score (nSPS) is 11.8. The van der Waals surface area contributed by atoms with Crippen LogP contribution in [0.15, 0.2) is 18.2 Å². The van der Waals surface area contributed by atoms with Gasteiger partial charge in [-0.3, -0.25) is 4.79 Å². The summed E-state index contributed by atoms with van der Waals surface area (Å²) in [5, 5.41) is 11.0. The van der Waals surface area contributed by atoms with Crippen molar-refractivity contribution < 1.29 is 28.3 Å². The molecule has 1 aromatic rings. The fourth-order valence-corrected chi connectivity index (χ4v) is 1.52. The van der Waals surface area contributed by atoms with Gasteiger partial charge >= 0.3 is 5.97 Å². The van der Waals surface area contributed by atoms with Gasteiger partial charge in [0, 0.05) is 6.42 Å². The van der Waals surface area contributed by atoms with Crippen LogP contribution in [0.3, 0.4) is 0 Å². The third kappa shape index (κ3) is 4.11. The van der Waals surface area contributed by atoms with E-state index in [-0.39, 0.29) is 18.6 Å². The number of hydrogen-bond donors (Lipinski definition) is 2. The number of hydrogen-bond acceptors (Lipinski definition) is 3. The first-order valence-electron chi connectivity index (χ1n) is 5.80. The Balaban J connectivity index is 2.83. The molecule has 0 spiro atoms. The highest BCUT2D eigenvalue weighted by Crippen LogP contribution is 2.12. The van der Waals surface area contributed by atoms with E-state index >= 15 is 0 Å². The number of nitrogens with one attached hydrogen (secondary N) is 1. The summed E-state index contributed by atoms with van der Waals surface area (Å²) in [7, 11) is 0. The molecule has 0 radical (unpaired) electrons. The standard InChI is InChI=1S/C13H13F2NO4/c1-7(17)5-6-10(13(19)20)16-12(18)8-3-2-4-9(14)11(8)15/h2-4,10H,5-6H2,1H3,(H,16,18)(H,19,20)/t10-/m1/s1. The number of amides is 1. The highest BCUT2D eigenvalue weighted by atomic mass is 19.2. The second-order valence-corrected chi connectivity index (χ2v) is 4.21. The summed E-state index contributed by atoms with van der Waals surface area (Å²) < 4.78 is 26.4. The fraction of sp³-hybridized carbons (Fsp3) is 0.308. The zero-order valence-electron chi connectivity index (χ0n) is 10.7. The second kappa shape index (κ2) is 6.74. The maximum Gasteiger partial charge on any atom is 0.326 e. The molecule has 7 heteroatoms. The summed E-state index contributed by atoms with van der Waals surface area (Å²) in [4.78, 5) is 33.5. The average molecular weight is 285 g/mol. The number of rotatable bonds is 6. The molecule has 20 heavy (non-hydrogen) atoms. The number of carbonyl (C=O) groups excluding carboxylic acids is 2. The molecule has 1 amide bonds. The van der Waals surface area contributed by atoms with E-state index in [1.807, 2.05) is 0 Å². The highest BCUT2D eigenvalue weighted by molar-refractivity contribution is 5.96. The van der Waals surface area contributed by atoms with E-state index in [1.165, 1.54) is 6.92 Å². The van der Waals surface area contributed by atoms with E-state index in [9.17, 15) is 23.2 Å². The van der Waals surface area contributed by atoms with Crippen LogP contribution in [-0.2, 0) is 9.59 Å². The van der Waals surface area contributed by atoms with E-state index in [0.29, 0.717) is 0 Å². The number of halogens is 2. The fourth-order valence-electron chi connectivity index (χ4n) is 1.52. The molecular formula is C13H13F2NO4. The topological polar surface area (TPSA) is 83.5 Å². The van der Waals surface area contributed by atoms with Crippen LogP contribution in [0.2, 0.25) is 0 Å². The zero-order valence-corrected chi connectivity index (χ0v) is 10.7. The van der Waals surface area contributed by atoms with Crippen molar-refractivity contribution in [2.45, 2.75) is 25.8 Å². The Morgan fingerprint density at radius 1 is 1.30 bits per heavy atom. The molecule has 0 aliphatic heterocycles. The van der Waals surface area contributed by atoms with Crippen molar-refractivity contribution in [3.63, 3.8) is 0 Å². The van der Waals surface area contributed by atoms with Crippen LogP contribution in [0.25, 0.3) is 0 Å². The number of carbonyl (C=O) groups is 3. The molecule has 5 nitrogen and oxygen atoms in total. The molecule has 0 aliphatic rings. The van der Waals surface area contributed by atoms with E-state index < -0.39 is 35.1 Å². The monoisotopic (exact) mass is 285 g/mol. The minimum atomic E-state index is -1.35. The van der Waals surface area contributed by atoms with Crippen molar-refractivity contribution in [2.75, 3.05) is 0 Å². The molecule has 108 valence electrons. The molecule has 0 saturated heterocycles. The second-order valence-electron chi connectivity index (χ2n) is 4.21. The van der Waals surface area contributed by atoms with Crippen LogP contribution in [0.4, 0.5) is 8.78 Å². The molecule has 0 unspecified atom stereocenters. The maximum absolute atomic E-state index is 13.4. The molecule has 0 aliphatic carbocycles. The summed E-state index contributed by atoms with van der Waals surface area (Å²) in [5.74, 6) is -5.18. The van der Waals surface area contributed by atoms with E-state index in [2.05, 4.69) is 5.32 Å². The van der Waals surface area contributed by atoms with Gasteiger partial charge in [0.25, 0.3) is 5.91 Å². The number of aliphatic carboxylic acids is 1. The molecule has 1 rings (SSSR count). The Bertz CT molecular complexity index is 545. The van der Waals surface area contributed by atoms with Gasteiger partial charge in [0.2, 0.25) is 0 Å². The summed E-state index contributed by atoms with van der Waals surface area (Å²) in [6.07, 6.45) is -0.157. The van der Waals surface area contributed by atoms with E-state index in [0.717, 1.165) is 18.2 Å². The summed E-state index contributed by atoms with van der Waals surface area (Å²) in [6.45, 7) is 1.28. The Morgan fingerprint density at radius 2 is 1.95 bits per heavy atom. The number of carboxylic acid groups (broad SMARTS) is 1. The lowest BCUT2D eigenvalue weighted by Gasteiger charge is -2.14. The van der Waals surface area contributed by atoms with Gasteiger partial charge in [-0.05, 0) is 25.5 Å². The average Bonchev–Trinajstić information content (AvgIpc) is 2.36. The number of Topliss-reactive ketones (excluding diaryl/α,β-unsaturated/α-hetero) is 1. The SMILES string of the molecule is CC(=O)CC[C@@H](NC(=O)c1cccc(F)c1F)C(=O)O. The largest absolute Gasteiger partial charge is 0.480 e. The van der Waals surface area contributed by atoms with Crippen LogP contribution >= 0.6 is 0 Å². The maximum atomic E-state index is 13.4. The molecule has 0 saturated carbocycles. The summed E-state index contributed by atoms with van der Waals surface area (Å²) in [6, 6.07) is 1.68. The van der Waals surface area contributed by atoms with Crippen LogP contribution in [-0.4, -0.2) is 28.8 Å². The van der Waals surface area contributed by atoms with Crippen molar-refractivity contribution in [1.29, 1.82) is 0 Å². The quantitative estimate of drug-likeness (QED) is 0.830. The third-order valence-corrected chi connectivity index (χ3v) is 2.58. The van der Waals surface area contributed by atoms with Crippen molar-refractivity contribution in [3.8, 4) is 0 Å². The van der Waals surface area contributed by atoms with Crippen molar-refractivity contribution in [2.24, 2.45) is 0 Å². The van der Waals surface area contributed by atoms with Crippen LogP contribution < -0.4 is 5.32 Å². The minimum absolute atomic E-state index is 0.0388. The molecule has 0 aromatic heterocycles. The number of carboxylic acids is 1. The minimum Gasteiger partial charge on any atom is -0.480 e. The predicted octanol–water partition coefficient (Wildman–Crippen LogP) is 1.52. The van der Waals surface area contributed by atoms with Gasteiger partial charge in [0.1, 0.15) is 11.8 Å². The van der Waals surface area contributed by atoms with Crippen molar-refractivity contribution >= 4 is 17.7 Å². The van der Waals surface area contributed by atoms with Crippen LogP contribution in [0.5, 0.6) is 0 Å². The Hall–Kier alpha value is -2.31. The molecule has 2 N–H and O–H groups in total. The molecule has 1 atom stereocenters. The third-order valence-electron chi connectivity index (χ3n) is 2.58. The zero-order chi connectivity index (χ0) is 15.3. The Kier molecular flexibility index (Phi) is 5.31. The van der Waals surface area contributed by atoms with Crippen molar-refractivity contribution in [3.05, 3.63) is 35.4 Å². The molecular weight excluding hydrogens is 272 g/mol. The molecule has 0 bridgehead atoms. The van der Waals surface area contributed by atoms with Gasteiger partial charge in [-0.15, -0.1) is 0 Å². The van der Waals surface area contributed by atoms with E-state index in [1.54, 1.807) is 0 Å². The van der Waals surface area contributed by atoms with Crippen LogP contribution in [0, 0.1) is 11.6 Å². The van der Waals surface area contributed by atoms with Gasteiger partial charge in [-0.2, -0.15) is 0 Å². The van der Waals surface area contributed by atoms with Gasteiger partial charge < -0.3 is 15.2 Å². The predicted molar refractivity (Wildman–Crippen MR) is 65.2 cm³/mol. The van der Waals surface area contributed by atoms with E-state index in [4.69, 9.17) is 5.11 Å².